The van der Waals surface area contributed by atoms with Gasteiger partial charge in [0.1, 0.15) is 17.0 Å². The summed E-state index contributed by atoms with van der Waals surface area (Å²) in [5.41, 5.74) is 0.0746. The van der Waals surface area contributed by atoms with E-state index in [1.165, 1.54) is 23.2 Å². The molecule has 5 rings (SSSR count). The number of amides is 3. The van der Waals surface area contributed by atoms with E-state index >= 15 is 0 Å². The SMILES string of the molecule is CC1CC12C(=O)N(c1ccc(OC(F)(F)F)cc1)C(=O)N2c1ccncc1-n1cccn1. The molecule has 32 heavy (non-hydrogen) atoms. The van der Waals surface area contributed by atoms with Gasteiger partial charge in [-0.25, -0.2) is 14.4 Å². The van der Waals surface area contributed by atoms with Crippen molar-refractivity contribution in [1.82, 2.24) is 14.8 Å². The van der Waals surface area contributed by atoms with Crippen molar-refractivity contribution in [2.45, 2.75) is 25.2 Å². The third-order valence-electron chi connectivity index (χ3n) is 5.73. The third kappa shape index (κ3) is 3.00. The molecule has 1 aromatic carbocycles. The standard InChI is InChI=1S/C21H16F3N5O3/c1-13-11-20(13)18(30)28(14-3-5-15(6-4-14)32-21(22,23)24)19(31)29(20)16-7-9-25-12-17(16)27-10-2-8-26-27/h2-10,12-13H,11H2,1H3. The fraction of sp³-hybridized carbons (Fsp3) is 0.238. The summed E-state index contributed by atoms with van der Waals surface area (Å²) < 4.78 is 42.8. The summed E-state index contributed by atoms with van der Waals surface area (Å²) in [7, 11) is 0. The van der Waals surface area contributed by atoms with Gasteiger partial charge in [0, 0.05) is 18.6 Å². The lowest BCUT2D eigenvalue weighted by atomic mass is 10.1. The Kier molecular flexibility index (Phi) is 4.26. The van der Waals surface area contributed by atoms with Gasteiger partial charge in [-0.2, -0.15) is 5.10 Å². The van der Waals surface area contributed by atoms with Gasteiger partial charge in [-0.05, 0) is 48.7 Å². The van der Waals surface area contributed by atoms with E-state index in [-0.39, 0.29) is 11.6 Å². The Bertz CT molecular complexity index is 1200. The number of hydrogen-bond donors (Lipinski definition) is 0. The van der Waals surface area contributed by atoms with Crippen LogP contribution in [-0.2, 0) is 4.79 Å². The summed E-state index contributed by atoms with van der Waals surface area (Å²) in [5.74, 6) is -0.972. The predicted octanol–water partition coefficient (Wildman–Crippen LogP) is 3.92. The molecular weight excluding hydrogens is 427 g/mol. The molecule has 8 nitrogen and oxygen atoms in total. The number of carbonyl (C=O) groups excluding carboxylic acids is 2. The number of aromatic nitrogens is 3. The normalized spacial score (nSPS) is 22.7. The minimum Gasteiger partial charge on any atom is -0.406 e. The molecular formula is C21H16F3N5O3. The first-order chi connectivity index (χ1) is 15.2. The van der Waals surface area contributed by atoms with Gasteiger partial charge in [-0.15, -0.1) is 13.2 Å². The maximum Gasteiger partial charge on any atom is 0.573 e. The van der Waals surface area contributed by atoms with E-state index in [4.69, 9.17) is 0 Å². The Hall–Kier alpha value is -3.89. The first-order valence-electron chi connectivity index (χ1n) is 9.71. The highest BCUT2D eigenvalue weighted by molar-refractivity contribution is 6.32. The fourth-order valence-corrected chi connectivity index (χ4v) is 4.16. The molecule has 1 aliphatic carbocycles. The van der Waals surface area contributed by atoms with Crippen LogP contribution in [0.5, 0.6) is 5.75 Å². The minimum atomic E-state index is -4.84. The molecule has 11 heteroatoms. The highest BCUT2D eigenvalue weighted by Gasteiger charge is 2.71. The molecule has 2 aromatic heterocycles. The molecule has 2 unspecified atom stereocenters. The Morgan fingerprint density at radius 3 is 2.41 bits per heavy atom. The number of ether oxygens (including phenoxy) is 1. The quantitative estimate of drug-likeness (QED) is 0.571. The molecule has 2 fully saturated rings. The summed E-state index contributed by atoms with van der Waals surface area (Å²) in [6.07, 6.45) is 1.97. The van der Waals surface area contributed by atoms with E-state index in [0.29, 0.717) is 17.8 Å². The number of pyridine rings is 1. The Balaban J connectivity index is 1.55. The maximum absolute atomic E-state index is 13.5. The lowest BCUT2D eigenvalue weighted by molar-refractivity contribution is -0.274. The topological polar surface area (TPSA) is 80.6 Å². The molecule has 0 bridgehead atoms. The highest BCUT2D eigenvalue weighted by atomic mass is 19.4. The number of alkyl halides is 3. The summed E-state index contributed by atoms with van der Waals surface area (Å²) in [4.78, 5) is 33.5. The molecule has 164 valence electrons. The van der Waals surface area contributed by atoms with Gasteiger partial charge >= 0.3 is 12.4 Å². The average Bonchev–Trinajstić information content (AvgIpc) is 3.09. The van der Waals surface area contributed by atoms with Crippen molar-refractivity contribution in [1.29, 1.82) is 0 Å². The zero-order valence-electron chi connectivity index (χ0n) is 16.7. The van der Waals surface area contributed by atoms with E-state index in [1.54, 1.807) is 35.4 Å². The van der Waals surface area contributed by atoms with Gasteiger partial charge in [-0.1, -0.05) is 6.92 Å². The first kappa shape index (κ1) is 20.0. The van der Waals surface area contributed by atoms with Crippen molar-refractivity contribution in [2.24, 2.45) is 5.92 Å². The smallest absolute Gasteiger partial charge is 0.406 e. The Morgan fingerprint density at radius 2 is 1.81 bits per heavy atom. The number of rotatable bonds is 4. The second-order valence-electron chi connectivity index (χ2n) is 7.64. The number of anilines is 2. The van der Waals surface area contributed by atoms with Crippen molar-refractivity contribution >= 4 is 23.3 Å². The zero-order chi connectivity index (χ0) is 22.7. The second-order valence-corrected chi connectivity index (χ2v) is 7.64. The van der Waals surface area contributed by atoms with Crippen LogP contribution < -0.4 is 14.5 Å². The molecule has 2 aliphatic rings. The fourth-order valence-electron chi connectivity index (χ4n) is 4.16. The van der Waals surface area contributed by atoms with E-state index < -0.39 is 29.6 Å². The largest absolute Gasteiger partial charge is 0.573 e. The number of nitrogens with zero attached hydrogens (tertiary/aromatic N) is 5. The lowest BCUT2D eigenvalue weighted by Crippen LogP contribution is -2.39. The number of benzene rings is 1. The monoisotopic (exact) mass is 443 g/mol. The maximum atomic E-state index is 13.5. The lowest BCUT2D eigenvalue weighted by Gasteiger charge is -2.24. The molecule has 3 heterocycles. The van der Waals surface area contributed by atoms with Gasteiger partial charge in [0.25, 0.3) is 5.91 Å². The minimum absolute atomic E-state index is 0.101. The Labute approximate surface area is 179 Å². The predicted molar refractivity (Wildman–Crippen MR) is 106 cm³/mol. The summed E-state index contributed by atoms with van der Waals surface area (Å²) in [6.45, 7) is 1.87. The van der Waals surface area contributed by atoms with Gasteiger partial charge in [0.2, 0.25) is 0 Å². The summed E-state index contributed by atoms with van der Waals surface area (Å²) in [5, 5.41) is 4.20. The van der Waals surface area contributed by atoms with Crippen LogP contribution in [0.25, 0.3) is 5.69 Å². The zero-order valence-corrected chi connectivity index (χ0v) is 16.7. The van der Waals surface area contributed by atoms with Crippen molar-refractivity contribution in [3.8, 4) is 11.4 Å². The summed E-state index contributed by atoms with van der Waals surface area (Å²) in [6, 6.07) is 7.40. The first-order valence-corrected chi connectivity index (χ1v) is 9.71. The van der Waals surface area contributed by atoms with Crippen molar-refractivity contribution in [3.05, 3.63) is 61.2 Å². The number of carbonyl (C=O) groups is 2. The van der Waals surface area contributed by atoms with Crippen molar-refractivity contribution in [2.75, 3.05) is 9.80 Å². The Morgan fingerprint density at radius 1 is 1.09 bits per heavy atom. The van der Waals surface area contributed by atoms with Gasteiger partial charge in [0.05, 0.1) is 17.6 Å². The number of hydrogen-bond acceptors (Lipinski definition) is 5. The van der Waals surface area contributed by atoms with Gasteiger partial charge < -0.3 is 4.74 Å². The molecule has 3 amide bonds. The molecule has 0 radical (unpaired) electrons. The van der Waals surface area contributed by atoms with Crippen LogP contribution in [0, 0.1) is 5.92 Å². The number of halogens is 3. The molecule has 1 spiro atoms. The third-order valence-corrected chi connectivity index (χ3v) is 5.73. The average molecular weight is 443 g/mol. The van der Waals surface area contributed by atoms with Gasteiger partial charge in [-0.3, -0.25) is 14.7 Å². The number of urea groups is 1. The van der Waals surface area contributed by atoms with Crippen molar-refractivity contribution < 1.29 is 27.5 Å². The molecule has 2 atom stereocenters. The second kappa shape index (κ2) is 6.81. The van der Waals surface area contributed by atoms with E-state index in [2.05, 4.69) is 14.8 Å². The molecule has 1 saturated heterocycles. The molecule has 1 aliphatic heterocycles. The van der Waals surface area contributed by atoms with Crippen LogP contribution in [0.2, 0.25) is 0 Å². The van der Waals surface area contributed by atoms with Crippen LogP contribution in [0.1, 0.15) is 13.3 Å². The molecule has 1 saturated carbocycles. The van der Waals surface area contributed by atoms with E-state index in [9.17, 15) is 22.8 Å². The molecule has 3 aromatic rings. The van der Waals surface area contributed by atoms with E-state index in [0.717, 1.165) is 17.0 Å². The van der Waals surface area contributed by atoms with Crippen LogP contribution in [-0.4, -0.2) is 38.6 Å². The van der Waals surface area contributed by atoms with Crippen LogP contribution in [0.15, 0.2) is 61.2 Å². The van der Waals surface area contributed by atoms with Crippen LogP contribution in [0.4, 0.5) is 29.3 Å². The van der Waals surface area contributed by atoms with Crippen LogP contribution in [0.3, 0.4) is 0 Å². The highest BCUT2D eigenvalue weighted by Crippen LogP contribution is 2.56. The van der Waals surface area contributed by atoms with Crippen molar-refractivity contribution in [3.63, 3.8) is 0 Å². The van der Waals surface area contributed by atoms with Gasteiger partial charge in [0.15, 0.2) is 0 Å². The number of imide groups is 1. The summed E-state index contributed by atoms with van der Waals surface area (Å²) >= 11 is 0. The van der Waals surface area contributed by atoms with Crippen LogP contribution >= 0.6 is 0 Å². The molecule has 0 N–H and O–H groups in total. The van der Waals surface area contributed by atoms with E-state index in [1.807, 2.05) is 6.92 Å².